The van der Waals surface area contributed by atoms with Crippen LogP contribution in [0.2, 0.25) is 0 Å². The summed E-state index contributed by atoms with van der Waals surface area (Å²) in [6.07, 6.45) is 5.01. The highest BCUT2D eigenvalue weighted by atomic mass is 16.6. The van der Waals surface area contributed by atoms with Crippen LogP contribution in [0.4, 0.5) is 4.79 Å². The van der Waals surface area contributed by atoms with Gasteiger partial charge in [-0.15, -0.1) is 0 Å². The normalized spacial score (nSPS) is 11.5. The summed E-state index contributed by atoms with van der Waals surface area (Å²) >= 11 is 0. The molecule has 5 heteroatoms. The van der Waals surface area contributed by atoms with Crippen molar-refractivity contribution in [1.82, 2.24) is 4.57 Å². The molecular formula is C21H25NO4. The minimum Gasteiger partial charge on any atom is -0.463 e. The Morgan fingerprint density at radius 2 is 1.92 bits per heavy atom. The molecule has 0 aliphatic carbocycles. The monoisotopic (exact) mass is 355 g/mol. The van der Waals surface area contributed by atoms with Crippen molar-refractivity contribution in [1.29, 1.82) is 0 Å². The molecule has 0 atom stereocenters. The van der Waals surface area contributed by atoms with Gasteiger partial charge in [0, 0.05) is 24.4 Å². The number of carbonyl (C=O) groups is 2. The van der Waals surface area contributed by atoms with Gasteiger partial charge in [0.15, 0.2) is 0 Å². The Labute approximate surface area is 154 Å². The van der Waals surface area contributed by atoms with Gasteiger partial charge < -0.3 is 9.47 Å². The molecule has 1 heterocycles. The summed E-state index contributed by atoms with van der Waals surface area (Å²) in [5.41, 5.74) is 2.22. The number of hydrogen-bond acceptors (Lipinski definition) is 4. The molecule has 0 unspecified atom stereocenters. The maximum absolute atomic E-state index is 12.3. The number of esters is 1. The first-order valence-electron chi connectivity index (χ1n) is 8.62. The van der Waals surface area contributed by atoms with Gasteiger partial charge in [-0.2, -0.15) is 0 Å². The zero-order chi connectivity index (χ0) is 19.2. The predicted octanol–water partition coefficient (Wildman–Crippen LogP) is 4.44. The van der Waals surface area contributed by atoms with Gasteiger partial charge in [-0.05, 0) is 57.0 Å². The predicted molar refractivity (Wildman–Crippen MR) is 101 cm³/mol. The summed E-state index contributed by atoms with van der Waals surface area (Å²) in [5.74, 6) is -0.364. The Morgan fingerprint density at radius 3 is 2.62 bits per heavy atom. The van der Waals surface area contributed by atoms with Crippen molar-refractivity contribution in [3.63, 3.8) is 0 Å². The van der Waals surface area contributed by atoms with Crippen molar-refractivity contribution < 1.29 is 19.1 Å². The molecule has 0 aliphatic rings. The van der Waals surface area contributed by atoms with Crippen LogP contribution in [-0.2, 0) is 20.7 Å². The fraction of sp³-hybridized carbons (Fsp3) is 0.333. The summed E-state index contributed by atoms with van der Waals surface area (Å²) in [4.78, 5) is 23.7. The van der Waals surface area contributed by atoms with Crippen molar-refractivity contribution in [2.75, 3.05) is 6.61 Å². The second-order valence-corrected chi connectivity index (χ2v) is 6.86. The van der Waals surface area contributed by atoms with E-state index in [1.807, 2.05) is 57.2 Å². The lowest BCUT2D eigenvalue weighted by Gasteiger charge is -2.20. The van der Waals surface area contributed by atoms with Gasteiger partial charge in [-0.1, -0.05) is 24.3 Å². The molecule has 1 aromatic carbocycles. The van der Waals surface area contributed by atoms with Crippen molar-refractivity contribution in [2.45, 2.75) is 39.7 Å². The molecule has 0 bridgehead atoms. The van der Waals surface area contributed by atoms with Gasteiger partial charge in [0.05, 0.1) is 6.61 Å². The van der Waals surface area contributed by atoms with E-state index < -0.39 is 11.7 Å². The van der Waals surface area contributed by atoms with Crippen LogP contribution in [0.15, 0.2) is 48.7 Å². The van der Waals surface area contributed by atoms with Crippen LogP contribution >= 0.6 is 0 Å². The lowest BCUT2D eigenvalue weighted by atomic mass is 10.1. The molecule has 0 aliphatic heterocycles. The molecule has 138 valence electrons. The van der Waals surface area contributed by atoms with E-state index in [4.69, 9.17) is 9.47 Å². The SMILES string of the molecule is CCOC(=O)C=Cc1cccc(Cc2cccn2C(=O)OC(C)(C)C)c1. The Morgan fingerprint density at radius 1 is 1.15 bits per heavy atom. The first kappa shape index (κ1) is 19.5. The van der Waals surface area contributed by atoms with Gasteiger partial charge in [0.1, 0.15) is 5.60 Å². The smallest absolute Gasteiger partial charge is 0.418 e. The summed E-state index contributed by atoms with van der Waals surface area (Å²) in [6, 6.07) is 11.5. The first-order chi connectivity index (χ1) is 12.3. The van der Waals surface area contributed by atoms with Crippen LogP contribution in [0.5, 0.6) is 0 Å². The number of hydrogen-bond donors (Lipinski definition) is 0. The second kappa shape index (κ2) is 8.52. The van der Waals surface area contributed by atoms with Crippen LogP contribution in [0.25, 0.3) is 6.08 Å². The summed E-state index contributed by atoms with van der Waals surface area (Å²) in [6.45, 7) is 7.64. The van der Waals surface area contributed by atoms with Crippen LogP contribution in [0.1, 0.15) is 44.5 Å². The third-order valence-electron chi connectivity index (χ3n) is 3.46. The van der Waals surface area contributed by atoms with Gasteiger partial charge in [0.25, 0.3) is 0 Å². The number of benzene rings is 1. The Hall–Kier alpha value is -2.82. The number of ether oxygens (including phenoxy) is 2. The fourth-order valence-electron chi connectivity index (χ4n) is 2.42. The van der Waals surface area contributed by atoms with Crippen LogP contribution in [-0.4, -0.2) is 28.8 Å². The Kier molecular flexibility index (Phi) is 6.39. The Balaban J connectivity index is 2.13. The highest BCUT2D eigenvalue weighted by Gasteiger charge is 2.19. The molecule has 0 fully saturated rings. The largest absolute Gasteiger partial charge is 0.463 e. The number of carbonyl (C=O) groups excluding carboxylic acids is 2. The average molecular weight is 355 g/mol. The number of nitrogens with zero attached hydrogens (tertiary/aromatic N) is 1. The van der Waals surface area contributed by atoms with Gasteiger partial charge >= 0.3 is 12.1 Å². The van der Waals surface area contributed by atoms with Crippen molar-refractivity contribution in [3.8, 4) is 0 Å². The standard InChI is InChI=1S/C21H25NO4/c1-5-25-19(23)12-11-16-8-6-9-17(14-16)15-18-10-7-13-22(18)20(24)26-21(2,3)4/h6-14H,5,15H2,1-4H3. The zero-order valence-corrected chi connectivity index (χ0v) is 15.7. The van der Waals surface area contributed by atoms with E-state index in [1.165, 1.54) is 10.6 Å². The lowest BCUT2D eigenvalue weighted by Crippen LogP contribution is -2.27. The maximum Gasteiger partial charge on any atom is 0.418 e. The molecule has 26 heavy (non-hydrogen) atoms. The Bertz CT molecular complexity index is 796. The van der Waals surface area contributed by atoms with Crippen molar-refractivity contribution in [3.05, 3.63) is 65.5 Å². The van der Waals surface area contributed by atoms with Gasteiger partial charge in [-0.3, -0.25) is 4.57 Å². The molecule has 0 saturated heterocycles. The highest BCUT2D eigenvalue weighted by molar-refractivity contribution is 5.87. The first-order valence-corrected chi connectivity index (χ1v) is 8.62. The quantitative estimate of drug-likeness (QED) is 0.588. The second-order valence-electron chi connectivity index (χ2n) is 6.86. The fourth-order valence-corrected chi connectivity index (χ4v) is 2.42. The van der Waals surface area contributed by atoms with Gasteiger partial charge in [0.2, 0.25) is 0 Å². The third-order valence-corrected chi connectivity index (χ3v) is 3.46. The van der Waals surface area contributed by atoms with Crippen molar-refractivity contribution in [2.24, 2.45) is 0 Å². The minimum absolute atomic E-state index is 0.352. The average Bonchev–Trinajstić information content (AvgIpc) is 3.00. The van der Waals surface area contributed by atoms with Crippen molar-refractivity contribution >= 4 is 18.1 Å². The van der Waals surface area contributed by atoms with E-state index >= 15 is 0 Å². The molecule has 0 amide bonds. The van der Waals surface area contributed by atoms with Crippen LogP contribution in [0.3, 0.4) is 0 Å². The molecular weight excluding hydrogens is 330 g/mol. The molecule has 1 aromatic heterocycles. The van der Waals surface area contributed by atoms with E-state index in [0.717, 1.165) is 16.8 Å². The summed E-state index contributed by atoms with van der Waals surface area (Å²) in [5, 5.41) is 0. The molecule has 0 saturated carbocycles. The summed E-state index contributed by atoms with van der Waals surface area (Å²) in [7, 11) is 0. The van der Waals surface area contributed by atoms with E-state index in [-0.39, 0.29) is 5.97 Å². The topological polar surface area (TPSA) is 57.5 Å². The summed E-state index contributed by atoms with van der Waals surface area (Å²) < 4.78 is 11.8. The highest BCUT2D eigenvalue weighted by Crippen LogP contribution is 2.16. The van der Waals surface area contributed by atoms with E-state index in [1.54, 1.807) is 19.2 Å². The molecule has 5 nitrogen and oxygen atoms in total. The third kappa shape index (κ3) is 5.92. The van der Waals surface area contributed by atoms with E-state index in [9.17, 15) is 9.59 Å². The molecule has 2 rings (SSSR count). The van der Waals surface area contributed by atoms with E-state index in [0.29, 0.717) is 13.0 Å². The molecule has 2 aromatic rings. The molecule has 0 spiro atoms. The minimum atomic E-state index is -0.545. The number of rotatable bonds is 5. The van der Waals surface area contributed by atoms with Crippen LogP contribution in [0, 0.1) is 0 Å². The molecule has 0 N–H and O–H groups in total. The molecule has 0 radical (unpaired) electrons. The van der Waals surface area contributed by atoms with Gasteiger partial charge in [-0.25, -0.2) is 9.59 Å². The van der Waals surface area contributed by atoms with E-state index in [2.05, 4.69) is 0 Å². The zero-order valence-electron chi connectivity index (χ0n) is 15.7. The van der Waals surface area contributed by atoms with Crippen LogP contribution < -0.4 is 0 Å². The maximum atomic E-state index is 12.3. The number of aromatic nitrogens is 1. The lowest BCUT2D eigenvalue weighted by molar-refractivity contribution is -0.137.